The van der Waals surface area contributed by atoms with Crippen LogP contribution in [0.15, 0.2) is 114 Å². The summed E-state index contributed by atoms with van der Waals surface area (Å²) < 4.78 is 0.856. The molecule has 0 saturated heterocycles. The molecule has 0 saturated carbocycles. The Labute approximate surface area is 254 Å². The molecule has 2 amide bonds. The number of nitrogens with one attached hydrogen (secondary N) is 2. The summed E-state index contributed by atoms with van der Waals surface area (Å²) in [5.74, 6) is -3.57. The minimum absolute atomic E-state index is 0.128. The minimum atomic E-state index is -1.17. The lowest BCUT2D eigenvalue weighted by Crippen LogP contribution is -2.46. The second-order valence-corrected chi connectivity index (χ2v) is 11.2. The maximum atomic E-state index is 14.0. The van der Waals surface area contributed by atoms with E-state index >= 15 is 0 Å². The molecule has 0 spiro atoms. The van der Waals surface area contributed by atoms with Gasteiger partial charge in [0, 0.05) is 40.0 Å². The second kappa shape index (κ2) is 14.8. The molecular formula is C34H32BrClN2O3. The first kappa shape index (κ1) is 30.2. The lowest BCUT2D eigenvalue weighted by Gasteiger charge is -2.32. The minimum Gasteiger partial charge on any atom is -0.351 e. The molecule has 0 aromatic heterocycles. The molecule has 41 heavy (non-hydrogen) atoms. The van der Waals surface area contributed by atoms with E-state index in [0.29, 0.717) is 22.6 Å². The van der Waals surface area contributed by atoms with Crippen LogP contribution in [0.25, 0.3) is 0 Å². The zero-order valence-corrected chi connectivity index (χ0v) is 25.1. The Bertz CT molecular complexity index is 1390. The van der Waals surface area contributed by atoms with Crippen molar-refractivity contribution in [3.8, 4) is 0 Å². The Morgan fingerprint density at radius 3 is 1.66 bits per heavy atom. The maximum Gasteiger partial charge on any atom is 0.233 e. The van der Waals surface area contributed by atoms with Crippen LogP contribution in [0.2, 0.25) is 5.02 Å². The predicted octanol–water partition coefficient (Wildman–Crippen LogP) is 7.34. The first-order chi connectivity index (χ1) is 19.9. The smallest absolute Gasteiger partial charge is 0.233 e. The maximum absolute atomic E-state index is 14.0. The number of amides is 2. The Morgan fingerprint density at radius 2 is 1.20 bits per heavy atom. The van der Waals surface area contributed by atoms with Gasteiger partial charge in [-0.1, -0.05) is 119 Å². The van der Waals surface area contributed by atoms with E-state index in [1.807, 2.05) is 79.7 Å². The van der Waals surface area contributed by atoms with E-state index < -0.39 is 29.6 Å². The summed E-state index contributed by atoms with van der Waals surface area (Å²) in [6, 6.07) is 33.2. The molecule has 0 fully saturated rings. The number of carbonyl (C=O) groups excluding carboxylic acids is 3. The first-order valence-electron chi connectivity index (χ1n) is 13.6. The van der Waals surface area contributed by atoms with Crippen molar-refractivity contribution in [1.82, 2.24) is 10.6 Å². The molecular weight excluding hydrogens is 600 g/mol. The van der Waals surface area contributed by atoms with Gasteiger partial charge in [0.15, 0.2) is 5.78 Å². The lowest BCUT2D eigenvalue weighted by molar-refractivity contribution is -0.137. The van der Waals surface area contributed by atoms with Gasteiger partial charge in [-0.2, -0.15) is 0 Å². The number of rotatable bonds is 12. The third-order valence-electron chi connectivity index (χ3n) is 7.14. The molecule has 0 radical (unpaired) electrons. The van der Waals surface area contributed by atoms with Gasteiger partial charge in [0.1, 0.15) is 5.92 Å². The van der Waals surface area contributed by atoms with Crippen LogP contribution in [-0.4, -0.2) is 17.6 Å². The zero-order valence-electron chi connectivity index (χ0n) is 22.7. The van der Waals surface area contributed by atoms with Crippen LogP contribution in [0, 0.1) is 11.8 Å². The summed E-state index contributed by atoms with van der Waals surface area (Å²) in [6.07, 6.45) is 0.427. The summed E-state index contributed by atoms with van der Waals surface area (Å²) >= 11 is 9.64. The highest BCUT2D eigenvalue weighted by molar-refractivity contribution is 9.10. The lowest BCUT2D eigenvalue weighted by atomic mass is 9.72. The average Bonchev–Trinajstić information content (AvgIpc) is 3.00. The fourth-order valence-electron chi connectivity index (χ4n) is 5.01. The van der Waals surface area contributed by atoms with Gasteiger partial charge in [-0.05, 0) is 47.4 Å². The van der Waals surface area contributed by atoms with Gasteiger partial charge in [0.25, 0.3) is 0 Å². The highest BCUT2D eigenvalue weighted by Gasteiger charge is 2.42. The molecule has 0 aliphatic heterocycles. The van der Waals surface area contributed by atoms with E-state index in [1.165, 1.54) is 0 Å². The number of ketones is 1. The molecule has 5 nitrogen and oxygen atoms in total. The number of carbonyl (C=O) groups is 3. The van der Waals surface area contributed by atoms with Gasteiger partial charge in [-0.3, -0.25) is 14.4 Å². The summed E-state index contributed by atoms with van der Waals surface area (Å²) in [6.45, 7) is 2.42. The molecule has 0 bridgehead atoms. The summed E-state index contributed by atoms with van der Waals surface area (Å²) in [7, 11) is 0. The van der Waals surface area contributed by atoms with Crippen molar-refractivity contribution < 1.29 is 14.4 Å². The van der Waals surface area contributed by atoms with Crippen molar-refractivity contribution in [3.05, 3.63) is 141 Å². The van der Waals surface area contributed by atoms with Crippen molar-refractivity contribution in [2.24, 2.45) is 11.8 Å². The fraction of sp³-hybridized carbons (Fsp3) is 0.206. The third-order valence-corrected chi connectivity index (χ3v) is 7.92. The van der Waals surface area contributed by atoms with Crippen LogP contribution in [0.4, 0.5) is 0 Å². The van der Waals surface area contributed by atoms with Crippen molar-refractivity contribution in [2.75, 3.05) is 0 Å². The topological polar surface area (TPSA) is 75.3 Å². The Hall–Kier alpha value is -3.74. The number of hydrogen-bond donors (Lipinski definition) is 2. The van der Waals surface area contributed by atoms with Gasteiger partial charge in [0.05, 0.1) is 0 Å². The molecule has 4 rings (SSSR count). The molecule has 7 heteroatoms. The largest absolute Gasteiger partial charge is 0.351 e. The monoisotopic (exact) mass is 630 g/mol. The number of hydrogen-bond acceptors (Lipinski definition) is 3. The Kier molecular flexibility index (Phi) is 10.9. The molecule has 210 valence electrons. The van der Waals surface area contributed by atoms with Gasteiger partial charge in [-0.15, -0.1) is 0 Å². The quantitative estimate of drug-likeness (QED) is 0.127. The van der Waals surface area contributed by atoms with Crippen LogP contribution >= 0.6 is 27.5 Å². The Morgan fingerprint density at radius 1 is 0.707 bits per heavy atom. The fourth-order valence-corrected chi connectivity index (χ4v) is 5.40. The van der Waals surface area contributed by atoms with E-state index in [4.69, 9.17) is 11.6 Å². The number of halogens is 2. The number of benzene rings is 4. The summed E-state index contributed by atoms with van der Waals surface area (Å²) in [5, 5.41) is 6.45. The van der Waals surface area contributed by atoms with E-state index in [-0.39, 0.29) is 18.9 Å². The molecule has 0 heterocycles. The molecule has 2 N–H and O–H groups in total. The van der Waals surface area contributed by atoms with Crippen LogP contribution in [0.1, 0.15) is 46.3 Å². The van der Waals surface area contributed by atoms with E-state index in [2.05, 4.69) is 26.6 Å². The van der Waals surface area contributed by atoms with Crippen LogP contribution in [0.3, 0.4) is 0 Å². The molecule has 0 aliphatic rings. The predicted molar refractivity (Wildman–Crippen MR) is 167 cm³/mol. The second-order valence-electron chi connectivity index (χ2n) is 9.85. The molecule has 0 unspecified atom stereocenters. The van der Waals surface area contributed by atoms with Crippen molar-refractivity contribution in [3.63, 3.8) is 0 Å². The summed E-state index contributed by atoms with van der Waals surface area (Å²) in [5.41, 5.74) is 3.03. The van der Waals surface area contributed by atoms with Gasteiger partial charge < -0.3 is 10.6 Å². The van der Waals surface area contributed by atoms with Gasteiger partial charge in [-0.25, -0.2) is 0 Å². The zero-order chi connectivity index (χ0) is 29.2. The van der Waals surface area contributed by atoms with Crippen LogP contribution < -0.4 is 10.6 Å². The average molecular weight is 632 g/mol. The van der Waals surface area contributed by atoms with Gasteiger partial charge >= 0.3 is 0 Å². The third kappa shape index (κ3) is 8.15. The SMILES string of the molecule is CC[C@H](C(=O)c1ccc(Br)cc1)[C@H](c1ccc(Cl)cc1)C(C(=O)NCc1ccccc1)C(=O)NCc1ccccc1. The normalized spacial score (nSPS) is 12.4. The first-order valence-corrected chi connectivity index (χ1v) is 14.7. The van der Waals surface area contributed by atoms with Crippen LogP contribution in [-0.2, 0) is 22.7 Å². The molecule has 0 aliphatic carbocycles. The molecule has 2 atom stereocenters. The van der Waals surface area contributed by atoms with E-state index in [1.54, 1.807) is 36.4 Å². The van der Waals surface area contributed by atoms with Gasteiger partial charge in [0.2, 0.25) is 11.8 Å². The highest BCUT2D eigenvalue weighted by Crippen LogP contribution is 2.38. The number of Topliss-reactive ketones (excluding diaryl/α,β-unsaturated/α-hetero) is 1. The highest BCUT2D eigenvalue weighted by atomic mass is 79.9. The van der Waals surface area contributed by atoms with E-state index in [0.717, 1.165) is 15.6 Å². The van der Waals surface area contributed by atoms with Crippen molar-refractivity contribution in [2.45, 2.75) is 32.4 Å². The van der Waals surface area contributed by atoms with Crippen molar-refractivity contribution >= 4 is 45.1 Å². The Balaban J connectivity index is 1.74. The molecule has 4 aromatic carbocycles. The van der Waals surface area contributed by atoms with Crippen LogP contribution in [0.5, 0.6) is 0 Å². The molecule has 4 aromatic rings. The standard InChI is InChI=1S/C34H32BrClN2O3/c1-2-29(32(39)26-13-17-27(35)18-14-26)30(25-15-19-28(36)20-16-25)31(33(40)37-21-23-9-5-3-6-10-23)34(41)38-22-24-11-7-4-8-12-24/h3-20,29-31H,2,21-22H2,1H3,(H,37,40)(H,38,41)/t29-,30-/m0/s1. The van der Waals surface area contributed by atoms with E-state index in [9.17, 15) is 14.4 Å². The van der Waals surface area contributed by atoms with Crippen molar-refractivity contribution in [1.29, 1.82) is 0 Å². The summed E-state index contributed by atoms with van der Waals surface area (Å²) in [4.78, 5) is 41.9.